The van der Waals surface area contributed by atoms with E-state index in [0.717, 1.165) is 22.4 Å². The predicted molar refractivity (Wildman–Crippen MR) is 148 cm³/mol. The van der Waals surface area contributed by atoms with E-state index in [1.54, 1.807) is 26.0 Å². The molecule has 2 aromatic heterocycles. The highest BCUT2D eigenvalue weighted by Gasteiger charge is 2.28. The number of benzene rings is 2. The molecule has 188 valence electrons. The van der Waals surface area contributed by atoms with Crippen LogP contribution in [0.1, 0.15) is 60.1 Å². The second-order valence-corrected chi connectivity index (χ2v) is 10.4. The molecule has 8 heteroatoms. The molecule has 0 spiro atoms. The van der Waals surface area contributed by atoms with Crippen molar-refractivity contribution in [3.05, 3.63) is 75.5 Å². The molecule has 0 fully saturated rings. The van der Waals surface area contributed by atoms with Crippen molar-refractivity contribution < 1.29 is 14.0 Å². The van der Waals surface area contributed by atoms with E-state index in [0.29, 0.717) is 33.2 Å². The van der Waals surface area contributed by atoms with Crippen LogP contribution in [0.2, 0.25) is 10.0 Å². The molecule has 1 aliphatic heterocycles. The van der Waals surface area contributed by atoms with E-state index in [-0.39, 0.29) is 40.4 Å². The predicted octanol–water partition coefficient (Wildman–Crippen LogP) is 7.57. The van der Waals surface area contributed by atoms with Crippen LogP contribution in [0.4, 0.5) is 0 Å². The van der Waals surface area contributed by atoms with Crippen molar-refractivity contribution in [2.75, 3.05) is 6.54 Å². The topological polar surface area (TPSA) is 84.6 Å². The van der Waals surface area contributed by atoms with E-state index < -0.39 is 0 Å². The number of nitrogens with one attached hydrogen (secondary N) is 1. The van der Waals surface area contributed by atoms with Gasteiger partial charge in [-0.25, -0.2) is 4.98 Å². The Morgan fingerprint density at radius 3 is 2.38 bits per heavy atom. The first-order valence-corrected chi connectivity index (χ1v) is 12.8. The van der Waals surface area contributed by atoms with Gasteiger partial charge in [-0.3, -0.25) is 9.59 Å². The van der Waals surface area contributed by atoms with E-state index in [1.165, 1.54) is 6.92 Å². The third-order valence-electron chi connectivity index (χ3n) is 6.64. The molecule has 0 saturated heterocycles. The minimum absolute atomic E-state index is 0.0362. The van der Waals surface area contributed by atoms with Crippen LogP contribution < -0.4 is 5.43 Å². The molecule has 1 N–H and O–H groups in total. The average Bonchev–Trinajstić information content (AvgIpc) is 3.46. The highest BCUT2D eigenvalue weighted by Crippen LogP contribution is 2.40. The standard InChI is InChI=1S/C29H25Cl2N3O3/c1-14(2)27(36)28-25(16(4)35)22-12-21(17-5-8-19(30)9-6-17)26(33-29(22)37-28)20-10-7-18(11-24(20)31)23-13-32-34-15(23)3/h5-12,14,23,32H,13H2,1-4H3. The largest absolute Gasteiger partial charge is 0.434 e. The van der Waals surface area contributed by atoms with Gasteiger partial charge in [0, 0.05) is 40.2 Å². The zero-order valence-electron chi connectivity index (χ0n) is 20.9. The summed E-state index contributed by atoms with van der Waals surface area (Å²) in [6, 6.07) is 15.1. The molecule has 6 nitrogen and oxygen atoms in total. The van der Waals surface area contributed by atoms with Gasteiger partial charge in [-0.15, -0.1) is 0 Å². The number of hydrogen-bond acceptors (Lipinski definition) is 6. The Morgan fingerprint density at radius 1 is 1.05 bits per heavy atom. The number of hydrogen-bond donors (Lipinski definition) is 1. The number of furan rings is 1. The van der Waals surface area contributed by atoms with Gasteiger partial charge in [-0.05, 0) is 49.2 Å². The lowest BCUT2D eigenvalue weighted by molar-refractivity contribution is 0.0901. The summed E-state index contributed by atoms with van der Waals surface area (Å²) in [5, 5.41) is 5.89. The molecule has 37 heavy (non-hydrogen) atoms. The van der Waals surface area contributed by atoms with Crippen molar-refractivity contribution in [2.24, 2.45) is 11.0 Å². The van der Waals surface area contributed by atoms with Gasteiger partial charge in [0.1, 0.15) is 0 Å². The van der Waals surface area contributed by atoms with E-state index >= 15 is 0 Å². The fourth-order valence-corrected chi connectivity index (χ4v) is 5.05. The smallest absolute Gasteiger partial charge is 0.228 e. The van der Waals surface area contributed by atoms with Crippen molar-refractivity contribution in [1.82, 2.24) is 10.4 Å². The fraction of sp³-hybridized carbons (Fsp3) is 0.241. The van der Waals surface area contributed by atoms with E-state index in [1.807, 2.05) is 43.3 Å². The summed E-state index contributed by atoms with van der Waals surface area (Å²) >= 11 is 13.0. The van der Waals surface area contributed by atoms with E-state index in [4.69, 9.17) is 32.6 Å². The Hall–Kier alpha value is -3.48. The van der Waals surface area contributed by atoms with Crippen LogP contribution in [-0.2, 0) is 0 Å². The number of carbonyl (C=O) groups is 2. The van der Waals surface area contributed by atoms with Crippen molar-refractivity contribution in [2.45, 2.75) is 33.6 Å². The van der Waals surface area contributed by atoms with Gasteiger partial charge in [-0.2, -0.15) is 5.10 Å². The number of pyridine rings is 1. The second kappa shape index (κ2) is 9.77. The molecule has 0 radical (unpaired) electrons. The summed E-state index contributed by atoms with van der Waals surface area (Å²) < 4.78 is 5.94. The molecule has 4 aromatic rings. The summed E-state index contributed by atoms with van der Waals surface area (Å²) in [5.74, 6) is -0.668. The molecular formula is C29H25Cl2N3O3. The van der Waals surface area contributed by atoms with Gasteiger partial charge < -0.3 is 9.84 Å². The third-order valence-corrected chi connectivity index (χ3v) is 7.21. The molecule has 1 atom stereocenters. The number of nitrogens with zero attached hydrogens (tertiary/aromatic N) is 2. The van der Waals surface area contributed by atoms with Gasteiger partial charge in [0.05, 0.1) is 21.7 Å². The summed E-state index contributed by atoms with van der Waals surface area (Å²) in [4.78, 5) is 30.4. The van der Waals surface area contributed by atoms with Crippen LogP contribution in [0.15, 0.2) is 58.0 Å². The maximum atomic E-state index is 12.9. The van der Waals surface area contributed by atoms with Crippen molar-refractivity contribution in [3.8, 4) is 22.4 Å². The Kier molecular flexibility index (Phi) is 6.65. The quantitative estimate of drug-likeness (QED) is 0.258. The molecule has 2 aromatic carbocycles. The minimum Gasteiger partial charge on any atom is -0.434 e. The minimum atomic E-state index is -0.340. The van der Waals surface area contributed by atoms with Crippen LogP contribution in [0.5, 0.6) is 0 Å². The Morgan fingerprint density at radius 2 is 1.78 bits per heavy atom. The van der Waals surface area contributed by atoms with E-state index in [9.17, 15) is 9.59 Å². The fourth-order valence-electron chi connectivity index (χ4n) is 4.65. The van der Waals surface area contributed by atoms with Gasteiger partial charge in [0.25, 0.3) is 0 Å². The molecule has 0 aliphatic carbocycles. The number of carbonyl (C=O) groups excluding carboxylic acids is 2. The summed E-state index contributed by atoms with van der Waals surface area (Å²) in [5.41, 5.74) is 8.40. The Balaban J connectivity index is 1.76. The van der Waals surface area contributed by atoms with Gasteiger partial charge >= 0.3 is 0 Å². The maximum absolute atomic E-state index is 12.9. The van der Waals surface area contributed by atoms with Gasteiger partial charge in [0.15, 0.2) is 11.5 Å². The SMILES string of the molecule is CC(=O)c1c(C(=O)C(C)C)oc2nc(-c3ccc(C4CNN=C4C)cc3Cl)c(-c3ccc(Cl)cc3)cc12. The molecule has 1 aliphatic rings. The lowest BCUT2D eigenvalue weighted by Crippen LogP contribution is -2.11. The first-order chi connectivity index (χ1) is 17.7. The highest BCUT2D eigenvalue weighted by molar-refractivity contribution is 6.33. The summed E-state index contributed by atoms with van der Waals surface area (Å²) in [7, 11) is 0. The van der Waals surface area contributed by atoms with Crippen molar-refractivity contribution in [3.63, 3.8) is 0 Å². The van der Waals surface area contributed by atoms with Crippen LogP contribution in [0.25, 0.3) is 33.5 Å². The lowest BCUT2D eigenvalue weighted by Gasteiger charge is -2.15. The van der Waals surface area contributed by atoms with Crippen LogP contribution >= 0.6 is 23.2 Å². The highest BCUT2D eigenvalue weighted by atomic mass is 35.5. The Labute approximate surface area is 224 Å². The average molecular weight is 534 g/mol. The molecular weight excluding hydrogens is 509 g/mol. The van der Waals surface area contributed by atoms with Gasteiger partial charge in [0.2, 0.25) is 11.5 Å². The number of rotatable bonds is 6. The lowest BCUT2D eigenvalue weighted by atomic mass is 9.92. The van der Waals surface area contributed by atoms with Gasteiger partial charge in [-0.1, -0.05) is 61.3 Å². The zero-order chi connectivity index (χ0) is 26.4. The van der Waals surface area contributed by atoms with Crippen LogP contribution in [-0.4, -0.2) is 28.8 Å². The molecule has 0 bridgehead atoms. The third kappa shape index (κ3) is 4.56. The number of ketones is 2. The Bertz CT molecular complexity index is 1590. The number of fused-ring (bicyclic) bond motifs is 1. The molecule has 3 heterocycles. The zero-order valence-corrected chi connectivity index (χ0v) is 22.4. The molecule has 1 unspecified atom stereocenters. The van der Waals surface area contributed by atoms with Crippen LogP contribution in [0.3, 0.4) is 0 Å². The summed E-state index contributed by atoms with van der Waals surface area (Å²) in [6.45, 7) is 7.67. The number of halogens is 2. The van der Waals surface area contributed by atoms with Crippen LogP contribution in [0, 0.1) is 5.92 Å². The van der Waals surface area contributed by atoms with Crippen molar-refractivity contribution in [1.29, 1.82) is 0 Å². The summed E-state index contributed by atoms with van der Waals surface area (Å²) in [6.07, 6.45) is 0. The maximum Gasteiger partial charge on any atom is 0.228 e. The number of Topliss-reactive ketones (excluding diaryl/α,β-unsaturated/α-hetero) is 2. The first-order valence-electron chi connectivity index (χ1n) is 12.0. The first kappa shape index (κ1) is 25.2. The van der Waals surface area contributed by atoms with E-state index in [2.05, 4.69) is 10.5 Å². The molecule has 0 saturated carbocycles. The number of hydrazone groups is 1. The molecule has 0 amide bonds. The molecule has 5 rings (SSSR count). The monoisotopic (exact) mass is 533 g/mol. The number of aromatic nitrogens is 1. The van der Waals surface area contributed by atoms with Crippen molar-refractivity contribution >= 4 is 51.6 Å². The second-order valence-electron chi connectivity index (χ2n) is 9.53. The normalized spacial score (nSPS) is 15.2.